The first-order valence-electron chi connectivity index (χ1n) is 3.59. The lowest BCUT2D eigenvalue weighted by Gasteiger charge is -2.30. The first kappa shape index (κ1) is 9.66. The van der Waals surface area contributed by atoms with E-state index in [0.717, 1.165) is 0 Å². The summed E-state index contributed by atoms with van der Waals surface area (Å²) in [5, 5.41) is 18.8. The second-order valence-corrected chi connectivity index (χ2v) is 2.99. The Kier molecular flexibility index (Phi) is 3.21. The zero-order chi connectivity index (χ0) is 9.14. The molecule has 1 aliphatic rings. The van der Waals surface area contributed by atoms with Crippen LogP contribution < -0.4 is 16.0 Å². The van der Waals surface area contributed by atoms with Gasteiger partial charge < -0.3 is 0 Å². The maximum Gasteiger partial charge on any atom is 0.253 e. The number of likely N-dealkylation sites (N-methyl/N-ethyl adjacent to an activating group) is 1. The summed E-state index contributed by atoms with van der Waals surface area (Å²) >= 11 is 5.68. The molecule has 0 aromatic heterocycles. The highest BCUT2D eigenvalue weighted by Crippen LogP contribution is 2.03. The molecule has 3 N–H and O–H groups in total. The highest BCUT2D eigenvalue weighted by Gasteiger charge is 2.35. The summed E-state index contributed by atoms with van der Waals surface area (Å²) in [5.74, 6) is 0. The van der Waals surface area contributed by atoms with Crippen molar-refractivity contribution >= 4 is 11.6 Å². The van der Waals surface area contributed by atoms with E-state index in [2.05, 4.69) is 16.0 Å². The van der Waals surface area contributed by atoms with E-state index in [1.54, 1.807) is 7.05 Å². The van der Waals surface area contributed by atoms with Crippen molar-refractivity contribution in [1.29, 1.82) is 0 Å². The van der Waals surface area contributed by atoms with Crippen LogP contribution in [0.5, 0.6) is 0 Å². The molecule has 0 aromatic carbocycles. The van der Waals surface area contributed by atoms with Gasteiger partial charge in [-0.15, -0.1) is 0 Å². The van der Waals surface area contributed by atoms with E-state index >= 15 is 0 Å². The Labute approximate surface area is 74.8 Å². The van der Waals surface area contributed by atoms with Crippen LogP contribution in [-0.4, -0.2) is 36.3 Å². The Morgan fingerprint density at radius 2 is 2.42 bits per heavy atom. The summed E-state index contributed by atoms with van der Waals surface area (Å²) in [6.07, 6.45) is -0.372. The topological polar surface area (TPSA) is 79.2 Å². The number of nitrogens with zero attached hydrogens (tertiary/aromatic N) is 1. The van der Waals surface area contributed by atoms with Gasteiger partial charge in [-0.1, -0.05) is 11.6 Å². The molecule has 6 nitrogen and oxygen atoms in total. The van der Waals surface area contributed by atoms with Crippen LogP contribution in [0.15, 0.2) is 0 Å². The van der Waals surface area contributed by atoms with Crippen molar-refractivity contribution in [3.8, 4) is 0 Å². The van der Waals surface area contributed by atoms with Crippen molar-refractivity contribution in [2.45, 2.75) is 17.8 Å². The molecule has 0 saturated carbocycles. The van der Waals surface area contributed by atoms with Crippen molar-refractivity contribution in [2.75, 3.05) is 13.6 Å². The van der Waals surface area contributed by atoms with Crippen LogP contribution in [0.25, 0.3) is 0 Å². The molecule has 12 heavy (non-hydrogen) atoms. The maximum absolute atomic E-state index is 10.5. The maximum atomic E-state index is 10.5. The summed E-state index contributed by atoms with van der Waals surface area (Å²) < 4.78 is 0. The molecule has 0 amide bonds. The SMILES string of the molecule is CNC1NC(Cl)NCC1[N+](=O)[O-]. The van der Waals surface area contributed by atoms with Crippen molar-refractivity contribution in [2.24, 2.45) is 0 Å². The lowest BCUT2D eigenvalue weighted by molar-refractivity contribution is -0.528. The summed E-state index contributed by atoms with van der Waals surface area (Å²) in [7, 11) is 1.66. The fraction of sp³-hybridized carbons (Fsp3) is 1.00. The molecule has 1 aliphatic heterocycles. The fourth-order valence-corrected chi connectivity index (χ4v) is 1.37. The van der Waals surface area contributed by atoms with E-state index in [-0.39, 0.29) is 17.6 Å². The smallest absolute Gasteiger partial charge is 0.253 e. The number of hydrogen-bond acceptors (Lipinski definition) is 5. The van der Waals surface area contributed by atoms with Gasteiger partial charge in [-0.3, -0.25) is 26.1 Å². The zero-order valence-corrected chi connectivity index (χ0v) is 7.34. The second kappa shape index (κ2) is 3.99. The first-order chi connectivity index (χ1) is 5.65. The summed E-state index contributed by atoms with van der Waals surface area (Å²) in [6, 6.07) is -0.676. The minimum atomic E-state index is -0.676. The molecule has 7 heteroatoms. The zero-order valence-electron chi connectivity index (χ0n) is 6.58. The molecule has 0 radical (unpaired) electrons. The monoisotopic (exact) mass is 194 g/mol. The standard InChI is InChI=1S/C5H11ClN4O2/c1-7-4-3(10(11)12)2-8-5(6)9-4/h3-5,7-9H,2H2,1H3. The average Bonchev–Trinajstić information content (AvgIpc) is 2.03. The number of nitro groups is 1. The van der Waals surface area contributed by atoms with Crippen LogP contribution >= 0.6 is 11.6 Å². The van der Waals surface area contributed by atoms with Gasteiger partial charge in [-0.05, 0) is 7.05 Å². The van der Waals surface area contributed by atoms with Gasteiger partial charge in [0.2, 0.25) is 0 Å². The van der Waals surface area contributed by atoms with Gasteiger partial charge in [0.1, 0.15) is 11.8 Å². The first-order valence-corrected chi connectivity index (χ1v) is 4.03. The van der Waals surface area contributed by atoms with Crippen molar-refractivity contribution in [3.63, 3.8) is 0 Å². The molecule has 0 spiro atoms. The highest BCUT2D eigenvalue weighted by molar-refractivity contribution is 6.20. The van der Waals surface area contributed by atoms with E-state index in [4.69, 9.17) is 11.6 Å². The molecule has 0 bridgehead atoms. The minimum absolute atomic E-state index is 0.277. The number of hydrogen-bond donors (Lipinski definition) is 3. The third-order valence-electron chi connectivity index (χ3n) is 1.80. The quantitative estimate of drug-likeness (QED) is 0.225. The third kappa shape index (κ3) is 2.04. The van der Waals surface area contributed by atoms with Gasteiger partial charge in [-0.2, -0.15) is 0 Å². The molecular weight excluding hydrogens is 184 g/mol. The molecular formula is C5H11ClN4O2. The van der Waals surface area contributed by atoms with Gasteiger partial charge >= 0.3 is 0 Å². The normalized spacial score (nSPS) is 36.3. The Morgan fingerprint density at radius 3 is 2.92 bits per heavy atom. The van der Waals surface area contributed by atoms with Gasteiger partial charge in [-0.25, -0.2) is 0 Å². The number of halogens is 1. The van der Waals surface area contributed by atoms with Crippen LogP contribution in [-0.2, 0) is 0 Å². The van der Waals surface area contributed by atoms with Crippen molar-refractivity contribution in [1.82, 2.24) is 16.0 Å². The van der Waals surface area contributed by atoms with Gasteiger partial charge in [0, 0.05) is 4.92 Å². The van der Waals surface area contributed by atoms with Crippen molar-refractivity contribution < 1.29 is 4.92 Å². The molecule has 1 rings (SSSR count). The summed E-state index contributed by atoms with van der Waals surface area (Å²) in [4.78, 5) is 10.1. The number of nitrogens with one attached hydrogen (secondary N) is 3. The predicted octanol–water partition coefficient (Wildman–Crippen LogP) is -1.11. The van der Waals surface area contributed by atoms with E-state index < -0.39 is 11.7 Å². The molecule has 0 aromatic rings. The van der Waals surface area contributed by atoms with E-state index in [1.807, 2.05) is 0 Å². The Balaban J connectivity index is 2.56. The number of rotatable bonds is 2. The predicted molar refractivity (Wildman–Crippen MR) is 44.4 cm³/mol. The molecule has 3 unspecified atom stereocenters. The van der Waals surface area contributed by atoms with E-state index in [9.17, 15) is 10.1 Å². The van der Waals surface area contributed by atoms with Crippen LogP contribution in [0.4, 0.5) is 0 Å². The lowest BCUT2D eigenvalue weighted by Crippen LogP contribution is -2.65. The Hall–Kier alpha value is -0.430. The Bertz CT molecular complexity index is 179. The van der Waals surface area contributed by atoms with Gasteiger partial charge in [0.25, 0.3) is 6.04 Å². The second-order valence-electron chi connectivity index (χ2n) is 2.56. The minimum Gasteiger partial charge on any atom is -0.299 e. The Morgan fingerprint density at radius 1 is 1.75 bits per heavy atom. The molecule has 1 fully saturated rings. The van der Waals surface area contributed by atoms with Crippen molar-refractivity contribution in [3.05, 3.63) is 10.1 Å². The van der Waals surface area contributed by atoms with Crippen LogP contribution in [0.3, 0.4) is 0 Å². The van der Waals surface area contributed by atoms with E-state index in [1.165, 1.54) is 0 Å². The number of alkyl halides is 1. The molecule has 3 atom stereocenters. The van der Waals surface area contributed by atoms with Gasteiger partial charge in [0.05, 0.1) is 6.54 Å². The third-order valence-corrected chi connectivity index (χ3v) is 2.08. The van der Waals surface area contributed by atoms with Crippen LogP contribution in [0.1, 0.15) is 0 Å². The van der Waals surface area contributed by atoms with E-state index in [0.29, 0.717) is 0 Å². The summed E-state index contributed by atoms with van der Waals surface area (Å²) in [6.45, 7) is 0.277. The largest absolute Gasteiger partial charge is 0.299 e. The summed E-state index contributed by atoms with van der Waals surface area (Å²) in [5.41, 5.74) is -0.404. The van der Waals surface area contributed by atoms with Gasteiger partial charge in [0.15, 0.2) is 0 Å². The average molecular weight is 195 g/mol. The lowest BCUT2D eigenvalue weighted by atomic mass is 10.2. The molecule has 0 aliphatic carbocycles. The highest BCUT2D eigenvalue weighted by atomic mass is 35.5. The molecule has 1 heterocycles. The van der Waals surface area contributed by atoms with Crippen LogP contribution in [0, 0.1) is 10.1 Å². The fourth-order valence-electron chi connectivity index (χ4n) is 1.14. The molecule has 1 saturated heterocycles. The van der Waals surface area contributed by atoms with Crippen LogP contribution in [0.2, 0.25) is 0 Å². The molecule has 70 valence electrons.